The molecule has 0 aliphatic carbocycles. The van der Waals surface area contributed by atoms with Crippen LogP contribution in [0.15, 0.2) is 0 Å². The van der Waals surface area contributed by atoms with Crippen molar-refractivity contribution < 1.29 is 0 Å². The van der Waals surface area contributed by atoms with Gasteiger partial charge in [-0.15, -0.1) is 11.6 Å². The predicted octanol–water partition coefficient (Wildman–Crippen LogP) is 3.91. The van der Waals surface area contributed by atoms with Crippen LogP contribution in [0.2, 0.25) is 0 Å². The highest BCUT2D eigenvalue weighted by Crippen LogP contribution is 2.35. The van der Waals surface area contributed by atoms with Gasteiger partial charge in [-0.2, -0.15) is 5.10 Å². The van der Waals surface area contributed by atoms with Crippen LogP contribution < -0.4 is 0 Å². The Kier molecular flexibility index (Phi) is 3.65. The summed E-state index contributed by atoms with van der Waals surface area (Å²) >= 11 is 6.35. The van der Waals surface area contributed by atoms with Gasteiger partial charge in [0, 0.05) is 12.6 Å². The molecular weight excluding hydrogens is 260 g/mol. The van der Waals surface area contributed by atoms with Gasteiger partial charge in [0.05, 0.1) is 11.1 Å². The molecule has 0 N–H and O–H groups in total. The minimum atomic E-state index is -0.107. The van der Waals surface area contributed by atoms with Crippen molar-refractivity contribution in [3.63, 3.8) is 0 Å². The Morgan fingerprint density at radius 2 is 1.89 bits per heavy atom. The summed E-state index contributed by atoms with van der Waals surface area (Å²) < 4.78 is 4.21. The van der Waals surface area contributed by atoms with Gasteiger partial charge < -0.3 is 4.57 Å². The van der Waals surface area contributed by atoms with E-state index >= 15 is 0 Å². The molecule has 0 saturated heterocycles. The van der Waals surface area contributed by atoms with Crippen molar-refractivity contribution in [2.24, 2.45) is 7.05 Å². The van der Waals surface area contributed by atoms with Crippen LogP contribution in [-0.4, -0.2) is 19.3 Å². The van der Waals surface area contributed by atoms with Crippen molar-refractivity contribution in [3.8, 4) is 0 Å². The van der Waals surface area contributed by atoms with Crippen molar-refractivity contribution in [1.82, 2.24) is 19.3 Å². The van der Waals surface area contributed by atoms with Crippen LogP contribution in [0.25, 0.3) is 11.2 Å². The van der Waals surface area contributed by atoms with E-state index in [9.17, 15) is 0 Å². The summed E-state index contributed by atoms with van der Waals surface area (Å²) in [7, 11) is 1.97. The average Bonchev–Trinajstić information content (AvgIpc) is 2.89. The van der Waals surface area contributed by atoms with Crippen LogP contribution in [-0.2, 0) is 12.6 Å². The van der Waals surface area contributed by atoms with Gasteiger partial charge in [-0.05, 0) is 33.6 Å². The molecule has 0 radical (unpaired) electrons. The van der Waals surface area contributed by atoms with Gasteiger partial charge >= 0.3 is 0 Å². The molecule has 4 nitrogen and oxygen atoms in total. The Labute approximate surface area is 119 Å². The molecule has 2 heterocycles. The van der Waals surface area contributed by atoms with Gasteiger partial charge in [0.1, 0.15) is 11.3 Å². The third-order valence-corrected chi connectivity index (χ3v) is 4.44. The molecule has 0 aromatic carbocycles. The molecule has 0 fully saturated rings. The average molecular weight is 283 g/mol. The number of hydrogen-bond acceptors (Lipinski definition) is 2. The molecule has 1 atom stereocenters. The van der Waals surface area contributed by atoms with Crippen molar-refractivity contribution in [2.75, 3.05) is 0 Å². The van der Waals surface area contributed by atoms with E-state index in [0.29, 0.717) is 0 Å². The Morgan fingerprint density at radius 3 is 2.37 bits per heavy atom. The largest absolute Gasteiger partial charge is 0.306 e. The molecule has 0 saturated carbocycles. The smallest absolute Gasteiger partial charge is 0.159 e. The molecule has 0 spiro atoms. The Morgan fingerprint density at radius 1 is 1.32 bits per heavy atom. The van der Waals surface area contributed by atoms with Crippen LogP contribution in [0.4, 0.5) is 0 Å². The number of fused-ring (bicyclic) bond motifs is 1. The number of aromatic nitrogens is 4. The quantitative estimate of drug-likeness (QED) is 0.797. The summed E-state index contributed by atoms with van der Waals surface area (Å²) in [6.07, 6.45) is 2.07. The SMILES string of the molecule is CCC(C)(CC)n1c(C(C)Cl)nc2c(C)nn(C)c21. The lowest BCUT2D eigenvalue weighted by atomic mass is 9.95. The number of aryl methyl sites for hydroxylation is 2. The van der Waals surface area contributed by atoms with Gasteiger partial charge in [0.2, 0.25) is 0 Å². The second-order valence-corrected chi connectivity index (χ2v) is 6.16. The zero-order chi connectivity index (χ0) is 14.4. The molecule has 0 amide bonds. The van der Waals surface area contributed by atoms with Crippen molar-refractivity contribution in [1.29, 1.82) is 0 Å². The number of rotatable bonds is 4. The maximum atomic E-state index is 6.35. The number of alkyl halides is 1. The second kappa shape index (κ2) is 4.82. The molecule has 106 valence electrons. The van der Waals surface area contributed by atoms with E-state index < -0.39 is 0 Å². The van der Waals surface area contributed by atoms with Crippen molar-refractivity contribution in [3.05, 3.63) is 11.5 Å². The summed E-state index contributed by atoms with van der Waals surface area (Å²) in [5, 5.41) is 4.38. The second-order valence-electron chi connectivity index (χ2n) is 5.51. The van der Waals surface area contributed by atoms with E-state index in [-0.39, 0.29) is 10.9 Å². The van der Waals surface area contributed by atoms with Crippen molar-refractivity contribution in [2.45, 2.75) is 58.4 Å². The molecular formula is C14H23ClN4. The first-order valence-corrected chi connectivity index (χ1v) is 7.35. The lowest BCUT2D eigenvalue weighted by Crippen LogP contribution is -2.31. The Balaban J connectivity index is 2.85. The van der Waals surface area contributed by atoms with E-state index in [2.05, 4.69) is 30.4 Å². The first kappa shape index (κ1) is 14.4. The summed E-state index contributed by atoms with van der Waals surface area (Å²) in [6.45, 7) is 10.7. The molecule has 5 heteroatoms. The maximum absolute atomic E-state index is 6.35. The lowest BCUT2D eigenvalue weighted by molar-refractivity contribution is 0.290. The van der Waals surface area contributed by atoms with E-state index in [4.69, 9.17) is 16.6 Å². The third kappa shape index (κ3) is 2.06. The van der Waals surface area contributed by atoms with E-state index in [1.807, 2.05) is 25.6 Å². The fraction of sp³-hybridized carbons (Fsp3) is 0.714. The highest BCUT2D eigenvalue weighted by molar-refractivity contribution is 6.20. The number of nitrogens with zero attached hydrogens (tertiary/aromatic N) is 4. The lowest BCUT2D eigenvalue weighted by Gasteiger charge is -2.31. The number of hydrogen-bond donors (Lipinski definition) is 0. The Hall–Kier alpha value is -1.03. The first-order chi connectivity index (χ1) is 8.85. The van der Waals surface area contributed by atoms with Gasteiger partial charge in [0.15, 0.2) is 5.65 Å². The monoisotopic (exact) mass is 282 g/mol. The van der Waals surface area contributed by atoms with Gasteiger partial charge in [-0.1, -0.05) is 13.8 Å². The topological polar surface area (TPSA) is 35.6 Å². The molecule has 0 aliphatic rings. The van der Waals surface area contributed by atoms with Crippen molar-refractivity contribution >= 4 is 22.8 Å². The van der Waals surface area contributed by atoms with Crippen LogP contribution >= 0.6 is 11.6 Å². The normalized spacial score (nSPS) is 14.3. The fourth-order valence-corrected chi connectivity index (χ4v) is 2.80. The first-order valence-electron chi connectivity index (χ1n) is 6.92. The fourth-order valence-electron chi connectivity index (χ4n) is 2.65. The van der Waals surface area contributed by atoms with Crippen LogP contribution in [0.3, 0.4) is 0 Å². The molecule has 2 aromatic rings. The molecule has 2 rings (SSSR count). The van der Waals surface area contributed by atoms with Crippen LogP contribution in [0.5, 0.6) is 0 Å². The number of imidazole rings is 1. The highest BCUT2D eigenvalue weighted by Gasteiger charge is 2.31. The van der Waals surface area contributed by atoms with Gasteiger partial charge in [0.25, 0.3) is 0 Å². The third-order valence-electron chi connectivity index (χ3n) is 4.25. The zero-order valence-corrected chi connectivity index (χ0v) is 13.4. The predicted molar refractivity (Wildman–Crippen MR) is 79.7 cm³/mol. The molecule has 2 aromatic heterocycles. The molecule has 1 unspecified atom stereocenters. The summed E-state index contributed by atoms with van der Waals surface area (Å²) in [6, 6.07) is 0. The van der Waals surface area contributed by atoms with Gasteiger partial charge in [-0.3, -0.25) is 4.68 Å². The minimum Gasteiger partial charge on any atom is -0.306 e. The molecule has 19 heavy (non-hydrogen) atoms. The van der Waals surface area contributed by atoms with E-state index in [1.165, 1.54) is 0 Å². The van der Waals surface area contributed by atoms with E-state index in [1.54, 1.807) is 0 Å². The highest BCUT2D eigenvalue weighted by atomic mass is 35.5. The standard InChI is InChI=1S/C14H23ClN4/c1-7-14(5,8-2)19-12(9(3)15)16-11-10(4)17-18(6)13(11)19/h9H,7-8H2,1-6H3. The number of halogens is 1. The van der Waals surface area contributed by atoms with Crippen LogP contribution in [0, 0.1) is 6.92 Å². The van der Waals surface area contributed by atoms with E-state index in [0.717, 1.165) is 35.5 Å². The summed E-state index contributed by atoms with van der Waals surface area (Å²) in [5.41, 5.74) is 3.03. The summed E-state index contributed by atoms with van der Waals surface area (Å²) in [5.74, 6) is 0.943. The molecule has 0 aliphatic heterocycles. The summed E-state index contributed by atoms with van der Waals surface area (Å²) in [4.78, 5) is 4.74. The molecule has 0 bridgehead atoms. The maximum Gasteiger partial charge on any atom is 0.159 e. The zero-order valence-electron chi connectivity index (χ0n) is 12.7. The Bertz CT molecular complexity index is 590. The van der Waals surface area contributed by atoms with Crippen LogP contribution in [0.1, 0.15) is 57.4 Å². The minimum absolute atomic E-state index is 0.0213. The van der Waals surface area contributed by atoms with Gasteiger partial charge in [-0.25, -0.2) is 4.98 Å².